The maximum absolute atomic E-state index is 13.2. The SMILES string of the molecule is Cn1c(C2CC2)nc2cc(Nc3ccc([N+](=O)[O-])cc3S(=O)(=O)N3CCCC3)ccc21. The topological polar surface area (TPSA) is 110 Å². The van der Waals surface area contributed by atoms with Crippen molar-refractivity contribution in [2.24, 2.45) is 7.05 Å². The number of hydrogen-bond donors (Lipinski definition) is 1. The van der Waals surface area contributed by atoms with E-state index in [-0.39, 0.29) is 10.6 Å². The zero-order valence-corrected chi connectivity index (χ0v) is 17.9. The van der Waals surface area contributed by atoms with Crippen molar-refractivity contribution in [1.82, 2.24) is 13.9 Å². The molecule has 1 saturated carbocycles. The number of fused-ring (bicyclic) bond motifs is 1. The smallest absolute Gasteiger partial charge is 0.270 e. The Balaban J connectivity index is 1.54. The van der Waals surface area contributed by atoms with E-state index in [1.54, 1.807) is 0 Å². The second-order valence-electron chi connectivity index (χ2n) is 8.18. The summed E-state index contributed by atoms with van der Waals surface area (Å²) in [7, 11) is -1.84. The highest BCUT2D eigenvalue weighted by Gasteiger charge is 2.31. The van der Waals surface area contributed by atoms with Crippen molar-refractivity contribution in [3.8, 4) is 0 Å². The minimum absolute atomic E-state index is 0.0802. The Morgan fingerprint density at radius 2 is 1.87 bits per heavy atom. The molecule has 0 radical (unpaired) electrons. The third-order valence-electron chi connectivity index (χ3n) is 6.00. The predicted molar refractivity (Wildman–Crippen MR) is 117 cm³/mol. The number of aryl methyl sites for hydroxylation is 1. The monoisotopic (exact) mass is 441 g/mol. The molecule has 1 aliphatic carbocycles. The van der Waals surface area contributed by atoms with E-state index in [1.807, 2.05) is 25.2 Å². The summed E-state index contributed by atoms with van der Waals surface area (Å²) in [5.74, 6) is 1.58. The van der Waals surface area contributed by atoms with Crippen molar-refractivity contribution in [3.63, 3.8) is 0 Å². The maximum atomic E-state index is 13.2. The van der Waals surface area contributed by atoms with Gasteiger partial charge in [0.05, 0.1) is 21.6 Å². The van der Waals surface area contributed by atoms with Crippen LogP contribution in [0.5, 0.6) is 0 Å². The van der Waals surface area contributed by atoms with Gasteiger partial charge in [0.25, 0.3) is 5.69 Å². The average Bonchev–Trinajstić information content (AvgIpc) is 3.31. The fourth-order valence-electron chi connectivity index (χ4n) is 4.17. The molecule has 0 spiro atoms. The fourth-order valence-corrected chi connectivity index (χ4v) is 5.85. The van der Waals surface area contributed by atoms with Gasteiger partial charge >= 0.3 is 0 Å². The van der Waals surface area contributed by atoms with Crippen LogP contribution < -0.4 is 5.32 Å². The van der Waals surface area contributed by atoms with Gasteiger partial charge in [-0.05, 0) is 49.9 Å². The Hall–Kier alpha value is -2.98. The largest absolute Gasteiger partial charge is 0.354 e. The highest BCUT2D eigenvalue weighted by atomic mass is 32.2. The van der Waals surface area contributed by atoms with E-state index < -0.39 is 14.9 Å². The molecule has 0 unspecified atom stereocenters. The molecule has 1 saturated heterocycles. The zero-order chi connectivity index (χ0) is 21.8. The van der Waals surface area contributed by atoms with E-state index in [1.165, 1.54) is 16.4 Å². The molecule has 10 heteroatoms. The average molecular weight is 442 g/mol. The zero-order valence-electron chi connectivity index (χ0n) is 17.1. The summed E-state index contributed by atoms with van der Waals surface area (Å²) in [6.45, 7) is 0.850. The van der Waals surface area contributed by atoms with Crippen molar-refractivity contribution in [2.75, 3.05) is 18.4 Å². The molecule has 1 aromatic heterocycles. The van der Waals surface area contributed by atoms with E-state index in [0.717, 1.165) is 48.6 Å². The molecule has 0 atom stereocenters. The highest BCUT2D eigenvalue weighted by Crippen LogP contribution is 2.40. The lowest BCUT2D eigenvalue weighted by atomic mass is 10.2. The summed E-state index contributed by atoms with van der Waals surface area (Å²) in [6, 6.07) is 9.62. The molecule has 1 aliphatic heterocycles. The number of benzene rings is 2. The van der Waals surface area contributed by atoms with Crippen LogP contribution in [0.25, 0.3) is 11.0 Å². The molecule has 0 bridgehead atoms. The third kappa shape index (κ3) is 3.55. The van der Waals surface area contributed by atoms with Crippen molar-refractivity contribution in [2.45, 2.75) is 36.5 Å². The van der Waals surface area contributed by atoms with Crippen LogP contribution in [-0.4, -0.2) is 40.3 Å². The molecule has 2 heterocycles. The molecular formula is C21H23N5O4S. The van der Waals surface area contributed by atoms with Crippen molar-refractivity contribution >= 4 is 38.1 Å². The number of nitrogens with one attached hydrogen (secondary N) is 1. The molecule has 31 heavy (non-hydrogen) atoms. The summed E-state index contributed by atoms with van der Waals surface area (Å²) >= 11 is 0. The first-order valence-electron chi connectivity index (χ1n) is 10.4. The van der Waals surface area contributed by atoms with Gasteiger partial charge in [0.15, 0.2) is 0 Å². The Bertz CT molecular complexity index is 1290. The van der Waals surface area contributed by atoms with Crippen LogP contribution in [0.2, 0.25) is 0 Å². The Morgan fingerprint density at radius 3 is 2.55 bits per heavy atom. The van der Waals surface area contributed by atoms with Gasteiger partial charge in [-0.1, -0.05) is 0 Å². The highest BCUT2D eigenvalue weighted by molar-refractivity contribution is 7.89. The van der Waals surface area contributed by atoms with Crippen LogP contribution in [0.3, 0.4) is 0 Å². The van der Waals surface area contributed by atoms with Crippen LogP contribution in [0.15, 0.2) is 41.3 Å². The van der Waals surface area contributed by atoms with Crippen LogP contribution in [0.4, 0.5) is 17.1 Å². The number of anilines is 2. The number of hydrogen-bond acceptors (Lipinski definition) is 6. The standard InChI is InChI=1S/C21H23N5O4S/c1-24-19-9-6-15(12-18(19)23-21(24)14-4-5-14)22-17-8-7-16(26(27)28)13-20(17)31(29,30)25-10-2-3-11-25/h6-9,12-14,22H,2-5,10-11H2,1H3. The molecule has 3 aromatic rings. The van der Waals surface area contributed by atoms with Gasteiger partial charge in [0, 0.05) is 43.9 Å². The predicted octanol–water partition coefficient (Wildman–Crippen LogP) is 3.89. The first kappa shape index (κ1) is 20.0. The van der Waals surface area contributed by atoms with Gasteiger partial charge < -0.3 is 9.88 Å². The number of non-ortho nitro benzene ring substituents is 1. The summed E-state index contributed by atoms with van der Waals surface area (Å²) in [5, 5.41) is 14.4. The molecule has 0 amide bonds. The summed E-state index contributed by atoms with van der Waals surface area (Å²) in [6.07, 6.45) is 3.89. The van der Waals surface area contributed by atoms with E-state index in [2.05, 4.69) is 9.88 Å². The van der Waals surface area contributed by atoms with Gasteiger partial charge in [-0.2, -0.15) is 4.31 Å². The van der Waals surface area contributed by atoms with E-state index in [0.29, 0.717) is 30.4 Å². The van der Waals surface area contributed by atoms with Crippen molar-refractivity contribution in [3.05, 3.63) is 52.3 Å². The quantitative estimate of drug-likeness (QED) is 0.459. The van der Waals surface area contributed by atoms with Crippen LogP contribution in [-0.2, 0) is 17.1 Å². The summed E-state index contributed by atoms with van der Waals surface area (Å²) in [4.78, 5) is 15.4. The minimum Gasteiger partial charge on any atom is -0.354 e. The number of aromatic nitrogens is 2. The van der Waals surface area contributed by atoms with Gasteiger partial charge in [-0.15, -0.1) is 0 Å². The molecule has 9 nitrogen and oxygen atoms in total. The van der Waals surface area contributed by atoms with Crippen LogP contribution >= 0.6 is 0 Å². The molecule has 2 aliphatic rings. The Labute approximate surface area is 179 Å². The van der Waals surface area contributed by atoms with Gasteiger partial charge in [0.1, 0.15) is 10.7 Å². The summed E-state index contributed by atoms with van der Waals surface area (Å²) in [5.41, 5.74) is 2.59. The lowest BCUT2D eigenvalue weighted by Gasteiger charge is -2.19. The van der Waals surface area contributed by atoms with E-state index >= 15 is 0 Å². The van der Waals surface area contributed by atoms with Crippen LogP contribution in [0.1, 0.15) is 37.4 Å². The number of imidazole rings is 1. The summed E-state index contributed by atoms with van der Waals surface area (Å²) < 4.78 is 29.9. The first-order valence-corrected chi connectivity index (χ1v) is 11.8. The van der Waals surface area contributed by atoms with E-state index in [4.69, 9.17) is 4.98 Å². The van der Waals surface area contributed by atoms with Crippen LogP contribution in [0, 0.1) is 10.1 Å². The molecule has 2 fully saturated rings. The fraction of sp³-hybridized carbons (Fsp3) is 0.381. The number of nitrogens with zero attached hydrogens (tertiary/aromatic N) is 4. The minimum atomic E-state index is -3.85. The lowest BCUT2D eigenvalue weighted by molar-refractivity contribution is -0.385. The Kier molecular flexibility index (Phi) is 4.71. The molecule has 1 N–H and O–H groups in total. The second kappa shape index (κ2) is 7.31. The lowest BCUT2D eigenvalue weighted by Crippen LogP contribution is -2.28. The van der Waals surface area contributed by atoms with Crippen molar-refractivity contribution in [1.29, 1.82) is 0 Å². The normalized spacial score (nSPS) is 17.3. The molecular weight excluding hydrogens is 418 g/mol. The molecule has 162 valence electrons. The van der Waals surface area contributed by atoms with E-state index in [9.17, 15) is 18.5 Å². The molecule has 5 rings (SSSR count). The van der Waals surface area contributed by atoms with Crippen molar-refractivity contribution < 1.29 is 13.3 Å². The van der Waals surface area contributed by atoms with Gasteiger partial charge in [-0.3, -0.25) is 10.1 Å². The number of nitro benzene ring substituents is 1. The third-order valence-corrected chi connectivity index (χ3v) is 7.93. The molecule has 2 aromatic carbocycles. The maximum Gasteiger partial charge on any atom is 0.270 e. The first-order chi connectivity index (χ1) is 14.8. The Morgan fingerprint density at radius 1 is 1.13 bits per heavy atom. The number of rotatable bonds is 6. The van der Waals surface area contributed by atoms with Gasteiger partial charge in [0.2, 0.25) is 10.0 Å². The number of nitro groups is 1. The second-order valence-corrected chi connectivity index (χ2v) is 10.1. The van der Waals surface area contributed by atoms with Gasteiger partial charge in [-0.25, -0.2) is 13.4 Å². The number of sulfonamides is 1.